The van der Waals surface area contributed by atoms with Gasteiger partial charge in [0.05, 0.1) is 19.8 Å². The summed E-state index contributed by atoms with van der Waals surface area (Å²) >= 11 is 0. The summed E-state index contributed by atoms with van der Waals surface area (Å²) in [4.78, 5) is 26.2. The van der Waals surface area contributed by atoms with Crippen LogP contribution in [0.25, 0.3) is 0 Å². The molecule has 35 heavy (non-hydrogen) atoms. The molecule has 3 heterocycles. The molecule has 2 bridgehead atoms. The Labute approximate surface area is 208 Å². The Morgan fingerprint density at radius 3 is 2.20 bits per heavy atom. The highest BCUT2D eigenvalue weighted by Gasteiger charge is 2.73. The van der Waals surface area contributed by atoms with Crippen molar-refractivity contribution in [1.29, 1.82) is 0 Å². The number of carbonyl (C=O) groups is 2. The van der Waals surface area contributed by atoms with E-state index in [0.29, 0.717) is 19.4 Å². The molecule has 0 N–H and O–H groups in total. The van der Waals surface area contributed by atoms with Crippen molar-refractivity contribution in [3.63, 3.8) is 0 Å². The fourth-order valence-electron chi connectivity index (χ4n) is 6.62. The van der Waals surface area contributed by atoms with Gasteiger partial charge in [0.1, 0.15) is 17.1 Å². The molecule has 3 saturated heterocycles. The number of Topliss-reactive ketones (excluding diaryl/α,β-unsaturated/α-hetero) is 1. The van der Waals surface area contributed by atoms with Crippen molar-refractivity contribution in [2.24, 2.45) is 5.41 Å². The lowest BCUT2D eigenvalue weighted by atomic mass is 9.65. The number of rotatable bonds is 6. The van der Waals surface area contributed by atoms with Crippen molar-refractivity contribution in [2.45, 2.75) is 62.9 Å². The van der Waals surface area contributed by atoms with Crippen molar-refractivity contribution in [2.75, 3.05) is 20.3 Å². The van der Waals surface area contributed by atoms with Gasteiger partial charge in [-0.05, 0) is 28.3 Å². The molecule has 3 fully saturated rings. The van der Waals surface area contributed by atoms with Crippen LogP contribution in [-0.2, 0) is 28.2 Å². The van der Waals surface area contributed by atoms with Crippen LogP contribution in [0.3, 0.4) is 0 Å². The van der Waals surface area contributed by atoms with E-state index >= 15 is 0 Å². The van der Waals surface area contributed by atoms with Gasteiger partial charge in [0, 0.05) is 13.0 Å². The van der Waals surface area contributed by atoms with Crippen molar-refractivity contribution < 1.29 is 28.2 Å². The maximum Gasteiger partial charge on any atom is 0.315 e. The summed E-state index contributed by atoms with van der Waals surface area (Å²) in [7, 11) is -1.49. The van der Waals surface area contributed by atoms with E-state index in [4.69, 9.17) is 18.6 Å². The Morgan fingerprint density at radius 2 is 1.66 bits per heavy atom. The summed E-state index contributed by atoms with van der Waals surface area (Å²) in [6.07, 6.45) is -0.172. The van der Waals surface area contributed by atoms with Crippen LogP contribution in [0.2, 0.25) is 5.04 Å². The zero-order valence-corrected chi connectivity index (χ0v) is 21.9. The van der Waals surface area contributed by atoms with Crippen LogP contribution in [0.15, 0.2) is 60.7 Å². The van der Waals surface area contributed by atoms with Gasteiger partial charge in [-0.3, -0.25) is 9.59 Å². The number of fused-ring (bicyclic) bond motifs is 1. The number of benzene rings is 2. The maximum atomic E-state index is 13.3. The molecule has 0 saturated carbocycles. The number of esters is 1. The van der Waals surface area contributed by atoms with E-state index in [0.717, 1.165) is 10.4 Å². The number of ether oxygens (including phenoxy) is 3. The zero-order valence-electron chi connectivity index (χ0n) is 20.9. The average molecular weight is 495 g/mol. The predicted molar refractivity (Wildman–Crippen MR) is 134 cm³/mol. The van der Waals surface area contributed by atoms with Crippen LogP contribution in [0, 0.1) is 5.41 Å². The highest BCUT2D eigenvalue weighted by Crippen LogP contribution is 2.59. The number of hydrogen-bond donors (Lipinski definition) is 0. The van der Waals surface area contributed by atoms with E-state index in [1.165, 1.54) is 7.11 Å². The highest BCUT2D eigenvalue weighted by molar-refractivity contribution is 6.99. The first kappa shape index (κ1) is 24.4. The van der Waals surface area contributed by atoms with E-state index in [1.54, 1.807) is 0 Å². The molecule has 0 radical (unpaired) electrons. The number of methoxy groups -OCH3 is 1. The SMILES string of the molecule is COC(=O)[C@@]12CCO[C@H]3CC(=O)[C@@H](C1)O[C@]32CO[Si](c1ccccc1)(c1ccccc1)C(C)(C)C. The molecular formula is C28H34O6Si. The minimum atomic E-state index is -2.89. The average Bonchev–Trinajstić information content (AvgIpc) is 3.21. The molecule has 186 valence electrons. The maximum absolute atomic E-state index is 13.3. The summed E-state index contributed by atoms with van der Waals surface area (Å²) in [6.45, 7) is 7.20. The third-order valence-electron chi connectivity index (χ3n) is 8.31. The molecule has 7 heteroatoms. The lowest BCUT2D eigenvalue weighted by Gasteiger charge is -2.53. The van der Waals surface area contributed by atoms with Gasteiger partial charge < -0.3 is 18.6 Å². The van der Waals surface area contributed by atoms with E-state index in [1.807, 2.05) is 36.4 Å². The van der Waals surface area contributed by atoms with Crippen LogP contribution >= 0.6 is 0 Å². The predicted octanol–water partition coefficient (Wildman–Crippen LogP) is 3.01. The lowest BCUT2D eigenvalue weighted by molar-refractivity contribution is -0.242. The number of ketones is 1. The summed E-state index contributed by atoms with van der Waals surface area (Å²) in [5.41, 5.74) is -2.03. The molecule has 3 aliphatic rings. The van der Waals surface area contributed by atoms with Gasteiger partial charge in [0.25, 0.3) is 8.32 Å². The normalized spacial score (nSPS) is 30.2. The van der Waals surface area contributed by atoms with Crippen LogP contribution in [0.5, 0.6) is 0 Å². The Kier molecular flexibility index (Phi) is 6.03. The summed E-state index contributed by atoms with van der Waals surface area (Å²) in [6, 6.07) is 20.7. The first-order valence-electron chi connectivity index (χ1n) is 12.4. The molecule has 0 aromatic heterocycles. The van der Waals surface area contributed by atoms with Gasteiger partial charge in [-0.15, -0.1) is 0 Å². The monoisotopic (exact) mass is 494 g/mol. The molecule has 5 rings (SSSR count). The third-order valence-corrected chi connectivity index (χ3v) is 13.3. The minimum Gasteiger partial charge on any atom is -0.469 e. The summed E-state index contributed by atoms with van der Waals surface area (Å²) < 4.78 is 25.2. The molecule has 0 amide bonds. The van der Waals surface area contributed by atoms with Gasteiger partial charge >= 0.3 is 5.97 Å². The molecule has 2 aromatic rings. The topological polar surface area (TPSA) is 71.1 Å². The number of carbonyl (C=O) groups excluding carboxylic acids is 2. The Bertz CT molecular complexity index is 1060. The van der Waals surface area contributed by atoms with E-state index in [2.05, 4.69) is 45.0 Å². The molecular weight excluding hydrogens is 460 g/mol. The van der Waals surface area contributed by atoms with Crippen LogP contribution in [0.1, 0.15) is 40.0 Å². The highest BCUT2D eigenvalue weighted by atomic mass is 28.4. The molecule has 3 aliphatic heterocycles. The van der Waals surface area contributed by atoms with Crippen molar-refractivity contribution in [3.8, 4) is 0 Å². The van der Waals surface area contributed by atoms with Crippen LogP contribution < -0.4 is 10.4 Å². The van der Waals surface area contributed by atoms with Crippen molar-refractivity contribution in [3.05, 3.63) is 60.7 Å². The van der Waals surface area contributed by atoms with Crippen molar-refractivity contribution >= 4 is 30.4 Å². The second-order valence-electron chi connectivity index (χ2n) is 11.0. The molecule has 4 atom stereocenters. The smallest absolute Gasteiger partial charge is 0.315 e. The van der Waals surface area contributed by atoms with Gasteiger partial charge in [-0.2, -0.15) is 0 Å². The quantitative estimate of drug-likeness (QED) is 0.454. The molecule has 0 aliphatic carbocycles. The Hall–Kier alpha value is -2.32. The largest absolute Gasteiger partial charge is 0.469 e. The van der Waals surface area contributed by atoms with Gasteiger partial charge in [-0.25, -0.2) is 0 Å². The van der Waals surface area contributed by atoms with Gasteiger partial charge in [0.2, 0.25) is 0 Å². The lowest BCUT2D eigenvalue weighted by Crippen LogP contribution is -2.71. The summed E-state index contributed by atoms with van der Waals surface area (Å²) in [5.74, 6) is -0.349. The summed E-state index contributed by atoms with van der Waals surface area (Å²) in [5, 5.41) is 2.06. The molecule has 0 unspecified atom stereocenters. The third kappa shape index (κ3) is 3.47. The second-order valence-corrected chi connectivity index (χ2v) is 15.3. The van der Waals surface area contributed by atoms with E-state index in [-0.39, 0.29) is 29.8 Å². The Balaban J connectivity index is 1.65. The van der Waals surface area contributed by atoms with E-state index < -0.39 is 31.5 Å². The van der Waals surface area contributed by atoms with Crippen LogP contribution in [-0.4, -0.2) is 58.2 Å². The zero-order chi connectivity index (χ0) is 24.9. The first-order chi connectivity index (χ1) is 16.7. The van der Waals surface area contributed by atoms with Gasteiger partial charge in [-0.1, -0.05) is 81.4 Å². The van der Waals surface area contributed by atoms with Crippen LogP contribution in [0.4, 0.5) is 0 Å². The molecule has 6 nitrogen and oxygen atoms in total. The molecule has 2 aromatic carbocycles. The Morgan fingerprint density at radius 1 is 1.06 bits per heavy atom. The minimum absolute atomic E-state index is 0.0104. The fourth-order valence-corrected chi connectivity index (χ4v) is 11.2. The van der Waals surface area contributed by atoms with Gasteiger partial charge in [0.15, 0.2) is 5.78 Å². The number of hydrogen-bond acceptors (Lipinski definition) is 6. The van der Waals surface area contributed by atoms with Crippen molar-refractivity contribution in [1.82, 2.24) is 0 Å². The van der Waals surface area contributed by atoms with E-state index in [9.17, 15) is 9.59 Å². The second kappa shape index (κ2) is 8.66. The fraction of sp³-hybridized carbons (Fsp3) is 0.500. The molecule has 0 spiro atoms. The first-order valence-corrected chi connectivity index (χ1v) is 14.3. The standard InChI is InChI=1S/C28H34O6Si/c1-26(2,3)35(20-11-7-5-8-12-20,21-13-9-6-10-14-21)33-19-28-24-17-22(29)23(34-28)18-27(28,15-16-32-24)25(30)31-4/h5-14,23-24H,15-19H2,1-4H3/t23-,24+,27-,28-/m1/s1.